The van der Waals surface area contributed by atoms with Crippen molar-refractivity contribution in [2.24, 2.45) is 5.73 Å². The first kappa shape index (κ1) is 10.9. The highest BCUT2D eigenvalue weighted by molar-refractivity contribution is 5.85. The summed E-state index contributed by atoms with van der Waals surface area (Å²) in [6.07, 6.45) is 1.60. The van der Waals surface area contributed by atoms with E-state index in [0.717, 1.165) is 24.0 Å². The normalized spacial score (nSPS) is 18.5. The van der Waals surface area contributed by atoms with Gasteiger partial charge in [-0.2, -0.15) is 0 Å². The number of nitro groups is 1. The van der Waals surface area contributed by atoms with Crippen LogP contribution in [0.4, 0.5) is 5.69 Å². The van der Waals surface area contributed by atoms with E-state index in [9.17, 15) is 10.1 Å². The molecular formula is C9H11ClN2O2. The zero-order valence-electron chi connectivity index (χ0n) is 7.47. The third-order valence-corrected chi connectivity index (χ3v) is 2.36. The van der Waals surface area contributed by atoms with Gasteiger partial charge in [0, 0.05) is 18.2 Å². The van der Waals surface area contributed by atoms with E-state index in [0.29, 0.717) is 0 Å². The average molecular weight is 215 g/mol. The highest BCUT2D eigenvalue weighted by atomic mass is 35.5. The molecule has 1 atom stereocenters. The number of halogens is 1. The number of rotatable bonds is 1. The lowest BCUT2D eigenvalue weighted by atomic mass is 10.1. The Morgan fingerprint density at radius 3 is 2.64 bits per heavy atom. The molecule has 2 rings (SSSR count). The fourth-order valence-electron chi connectivity index (χ4n) is 1.75. The molecule has 0 spiro atoms. The molecule has 1 unspecified atom stereocenters. The summed E-state index contributed by atoms with van der Waals surface area (Å²) in [5, 5.41) is 10.5. The molecule has 76 valence electrons. The number of nitro benzene ring substituents is 1. The maximum atomic E-state index is 10.5. The van der Waals surface area contributed by atoms with Gasteiger partial charge in [-0.15, -0.1) is 12.4 Å². The Morgan fingerprint density at radius 2 is 2.00 bits per heavy atom. The number of nitrogens with zero attached hydrogens (tertiary/aromatic N) is 1. The van der Waals surface area contributed by atoms with Gasteiger partial charge in [-0.1, -0.05) is 6.07 Å². The molecule has 0 aliphatic heterocycles. The van der Waals surface area contributed by atoms with Gasteiger partial charge in [0.2, 0.25) is 0 Å². The molecule has 0 radical (unpaired) electrons. The van der Waals surface area contributed by atoms with Crippen LogP contribution >= 0.6 is 12.4 Å². The topological polar surface area (TPSA) is 69.2 Å². The lowest BCUT2D eigenvalue weighted by Crippen LogP contribution is -2.18. The summed E-state index contributed by atoms with van der Waals surface area (Å²) in [4.78, 5) is 10.1. The molecule has 0 aromatic heterocycles. The minimum absolute atomic E-state index is 0. The van der Waals surface area contributed by atoms with E-state index < -0.39 is 0 Å². The van der Waals surface area contributed by atoms with E-state index in [1.54, 1.807) is 12.1 Å². The summed E-state index contributed by atoms with van der Waals surface area (Å²) in [6, 6.07) is 5.11. The highest BCUT2D eigenvalue weighted by Gasteiger charge is 2.20. The lowest BCUT2D eigenvalue weighted by Gasteiger charge is -1.96. The summed E-state index contributed by atoms with van der Waals surface area (Å²) >= 11 is 0. The second-order valence-corrected chi connectivity index (χ2v) is 3.38. The summed E-state index contributed by atoms with van der Waals surface area (Å²) in [5.74, 6) is 0. The number of nitrogens with two attached hydrogens (primary N) is 1. The minimum atomic E-state index is -0.371. The molecule has 0 bridgehead atoms. The zero-order chi connectivity index (χ0) is 9.42. The van der Waals surface area contributed by atoms with Crippen molar-refractivity contribution < 1.29 is 4.92 Å². The zero-order valence-corrected chi connectivity index (χ0v) is 8.29. The maximum absolute atomic E-state index is 10.5. The fourth-order valence-corrected chi connectivity index (χ4v) is 1.75. The van der Waals surface area contributed by atoms with Gasteiger partial charge in [0.15, 0.2) is 0 Å². The highest BCUT2D eigenvalue weighted by Crippen LogP contribution is 2.25. The van der Waals surface area contributed by atoms with Gasteiger partial charge < -0.3 is 5.73 Å². The van der Waals surface area contributed by atoms with Crippen molar-refractivity contribution in [1.82, 2.24) is 0 Å². The molecule has 0 amide bonds. The summed E-state index contributed by atoms with van der Waals surface area (Å²) in [5.41, 5.74) is 8.08. The second-order valence-electron chi connectivity index (χ2n) is 3.38. The average Bonchev–Trinajstić information content (AvgIpc) is 2.42. The molecule has 0 fully saturated rings. The van der Waals surface area contributed by atoms with E-state index in [4.69, 9.17) is 5.73 Å². The number of benzene rings is 1. The van der Waals surface area contributed by atoms with Crippen molar-refractivity contribution in [3.63, 3.8) is 0 Å². The van der Waals surface area contributed by atoms with Crippen LogP contribution in [0.15, 0.2) is 18.2 Å². The molecular weight excluding hydrogens is 204 g/mol. The third kappa shape index (κ3) is 1.86. The van der Waals surface area contributed by atoms with Gasteiger partial charge >= 0.3 is 0 Å². The van der Waals surface area contributed by atoms with Crippen LogP contribution in [0.5, 0.6) is 0 Å². The molecule has 5 heteroatoms. The number of hydrogen-bond acceptors (Lipinski definition) is 3. The fraction of sp³-hybridized carbons (Fsp3) is 0.333. The van der Waals surface area contributed by atoms with Crippen molar-refractivity contribution in [2.45, 2.75) is 18.9 Å². The van der Waals surface area contributed by atoms with Crippen LogP contribution in [0, 0.1) is 10.1 Å². The Bertz CT molecular complexity index is 368. The van der Waals surface area contributed by atoms with Crippen LogP contribution in [-0.4, -0.2) is 11.0 Å². The first-order valence-electron chi connectivity index (χ1n) is 4.18. The van der Waals surface area contributed by atoms with Gasteiger partial charge in [0.1, 0.15) is 0 Å². The third-order valence-electron chi connectivity index (χ3n) is 2.36. The Balaban J connectivity index is 0.000000980. The first-order valence-corrected chi connectivity index (χ1v) is 4.18. The van der Waals surface area contributed by atoms with Crippen molar-refractivity contribution in [1.29, 1.82) is 0 Å². The SMILES string of the molecule is Cl.NC1Cc2ccc([N+](=O)[O-])cc2C1. The summed E-state index contributed by atoms with van der Waals surface area (Å²) < 4.78 is 0. The Labute approximate surface area is 87.7 Å². The predicted molar refractivity (Wildman–Crippen MR) is 55.7 cm³/mol. The summed E-state index contributed by atoms with van der Waals surface area (Å²) in [6.45, 7) is 0. The van der Waals surface area contributed by atoms with Crippen molar-refractivity contribution >= 4 is 18.1 Å². The van der Waals surface area contributed by atoms with Crippen LogP contribution in [0.1, 0.15) is 11.1 Å². The molecule has 14 heavy (non-hydrogen) atoms. The van der Waals surface area contributed by atoms with Crippen molar-refractivity contribution in [2.75, 3.05) is 0 Å². The van der Waals surface area contributed by atoms with Gasteiger partial charge in [-0.05, 0) is 24.0 Å². The van der Waals surface area contributed by atoms with E-state index in [1.807, 2.05) is 0 Å². The number of non-ortho nitro benzene ring substituents is 1. The molecule has 0 saturated heterocycles. The smallest absolute Gasteiger partial charge is 0.269 e. The molecule has 0 saturated carbocycles. The quantitative estimate of drug-likeness (QED) is 0.568. The standard InChI is InChI=1S/C9H10N2O2.ClH/c10-8-3-6-1-2-9(11(12)13)5-7(6)4-8;/h1-2,5,8H,3-4,10H2;1H. The molecule has 1 aliphatic carbocycles. The van der Waals surface area contributed by atoms with Crippen LogP contribution in [0.3, 0.4) is 0 Å². The maximum Gasteiger partial charge on any atom is 0.269 e. The van der Waals surface area contributed by atoms with E-state index in [2.05, 4.69) is 0 Å². The molecule has 1 aromatic rings. The van der Waals surface area contributed by atoms with Crippen LogP contribution in [0.25, 0.3) is 0 Å². The molecule has 2 N–H and O–H groups in total. The Hall–Kier alpha value is -1.13. The van der Waals surface area contributed by atoms with E-state index in [1.165, 1.54) is 6.07 Å². The number of fused-ring (bicyclic) bond motifs is 1. The first-order chi connectivity index (χ1) is 6.16. The van der Waals surface area contributed by atoms with Crippen LogP contribution in [-0.2, 0) is 12.8 Å². The van der Waals surface area contributed by atoms with Crippen LogP contribution < -0.4 is 5.73 Å². The van der Waals surface area contributed by atoms with Crippen molar-refractivity contribution in [3.05, 3.63) is 39.4 Å². The molecule has 1 aromatic carbocycles. The van der Waals surface area contributed by atoms with Gasteiger partial charge in [-0.3, -0.25) is 10.1 Å². The Kier molecular flexibility index (Phi) is 3.08. The molecule has 0 heterocycles. The van der Waals surface area contributed by atoms with Crippen molar-refractivity contribution in [3.8, 4) is 0 Å². The van der Waals surface area contributed by atoms with E-state index in [-0.39, 0.29) is 29.1 Å². The van der Waals surface area contributed by atoms with Gasteiger partial charge in [-0.25, -0.2) is 0 Å². The monoisotopic (exact) mass is 214 g/mol. The van der Waals surface area contributed by atoms with Crippen LogP contribution in [0.2, 0.25) is 0 Å². The Morgan fingerprint density at radius 1 is 1.36 bits per heavy atom. The molecule has 1 aliphatic rings. The molecule has 4 nitrogen and oxygen atoms in total. The minimum Gasteiger partial charge on any atom is -0.327 e. The largest absolute Gasteiger partial charge is 0.327 e. The lowest BCUT2D eigenvalue weighted by molar-refractivity contribution is -0.384. The number of hydrogen-bond donors (Lipinski definition) is 1. The van der Waals surface area contributed by atoms with Gasteiger partial charge in [0.25, 0.3) is 5.69 Å². The predicted octanol–water partition coefficient (Wildman–Crippen LogP) is 1.44. The van der Waals surface area contributed by atoms with Gasteiger partial charge in [0.05, 0.1) is 4.92 Å². The summed E-state index contributed by atoms with van der Waals surface area (Å²) in [7, 11) is 0. The van der Waals surface area contributed by atoms with E-state index >= 15 is 0 Å². The second kappa shape index (κ2) is 3.94.